The molecule has 0 fully saturated rings. The number of fused-ring (bicyclic) bond motifs is 3. The van der Waals surface area contributed by atoms with Crippen LogP contribution in [-0.4, -0.2) is 5.78 Å². The van der Waals surface area contributed by atoms with E-state index in [1.54, 1.807) is 18.2 Å². The van der Waals surface area contributed by atoms with Crippen LogP contribution in [0.25, 0.3) is 21.9 Å². The van der Waals surface area contributed by atoms with Gasteiger partial charge in [-0.15, -0.1) is 0 Å². The van der Waals surface area contributed by atoms with Crippen LogP contribution >= 0.6 is 0 Å². The first-order valence-corrected chi connectivity index (χ1v) is 7.57. The van der Waals surface area contributed by atoms with E-state index >= 15 is 0 Å². The Morgan fingerprint density at radius 1 is 0.760 bits per heavy atom. The van der Waals surface area contributed by atoms with Gasteiger partial charge >= 0.3 is 6.18 Å². The molecule has 0 saturated heterocycles. The van der Waals surface area contributed by atoms with E-state index in [9.17, 15) is 18.0 Å². The van der Waals surface area contributed by atoms with E-state index in [4.69, 9.17) is 4.42 Å². The predicted octanol–water partition coefficient (Wildman–Crippen LogP) is 5.84. The summed E-state index contributed by atoms with van der Waals surface area (Å²) in [5, 5.41) is 1.69. The Morgan fingerprint density at radius 2 is 1.40 bits per heavy atom. The lowest BCUT2D eigenvalue weighted by Crippen LogP contribution is -2.06. The second-order valence-corrected chi connectivity index (χ2v) is 5.71. The Labute approximate surface area is 140 Å². The normalized spacial score (nSPS) is 12.0. The molecule has 1 heterocycles. The first-order chi connectivity index (χ1) is 11.9. The zero-order valence-corrected chi connectivity index (χ0v) is 12.8. The highest BCUT2D eigenvalue weighted by Gasteiger charge is 2.30. The largest absolute Gasteiger partial charge is 0.456 e. The number of furan rings is 1. The Hall–Kier alpha value is -3.08. The summed E-state index contributed by atoms with van der Waals surface area (Å²) in [5.41, 5.74) is 1.21. The minimum Gasteiger partial charge on any atom is -0.456 e. The van der Waals surface area contributed by atoms with Crippen LogP contribution in [0.3, 0.4) is 0 Å². The van der Waals surface area contributed by atoms with Crippen molar-refractivity contribution in [3.05, 3.63) is 83.4 Å². The monoisotopic (exact) mass is 340 g/mol. The van der Waals surface area contributed by atoms with Gasteiger partial charge in [-0.05, 0) is 36.4 Å². The van der Waals surface area contributed by atoms with Gasteiger partial charge in [0.05, 0.1) is 5.56 Å². The van der Waals surface area contributed by atoms with Gasteiger partial charge < -0.3 is 4.42 Å². The minimum absolute atomic E-state index is 0.208. The van der Waals surface area contributed by atoms with Gasteiger partial charge in [0.2, 0.25) is 0 Å². The maximum absolute atomic E-state index is 12.6. The third-order valence-corrected chi connectivity index (χ3v) is 4.11. The first-order valence-electron chi connectivity index (χ1n) is 7.57. The summed E-state index contributed by atoms with van der Waals surface area (Å²) in [4.78, 5) is 12.6. The molecule has 0 spiro atoms. The lowest BCUT2D eigenvalue weighted by molar-refractivity contribution is -0.137. The van der Waals surface area contributed by atoms with Gasteiger partial charge in [-0.2, -0.15) is 13.2 Å². The second kappa shape index (κ2) is 5.48. The highest BCUT2D eigenvalue weighted by molar-refractivity contribution is 6.13. The molecule has 0 N–H and O–H groups in total. The summed E-state index contributed by atoms with van der Waals surface area (Å²) in [5.74, 6) is -0.332. The number of hydrogen-bond acceptors (Lipinski definition) is 2. The Morgan fingerprint density at radius 3 is 2.12 bits per heavy atom. The topological polar surface area (TPSA) is 30.2 Å². The molecule has 124 valence electrons. The van der Waals surface area contributed by atoms with E-state index in [-0.39, 0.29) is 11.3 Å². The smallest absolute Gasteiger partial charge is 0.416 e. The number of rotatable bonds is 2. The fourth-order valence-electron chi connectivity index (χ4n) is 2.84. The van der Waals surface area contributed by atoms with Crippen molar-refractivity contribution in [2.45, 2.75) is 6.18 Å². The molecule has 0 atom stereocenters. The van der Waals surface area contributed by atoms with Crippen molar-refractivity contribution in [1.29, 1.82) is 0 Å². The van der Waals surface area contributed by atoms with Crippen LogP contribution in [0.5, 0.6) is 0 Å². The molecule has 4 aromatic rings. The van der Waals surface area contributed by atoms with Crippen LogP contribution in [0.2, 0.25) is 0 Å². The molecule has 0 aliphatic heterocycles. The maximum Gasteiger partial charge on any atom is 0.416 e. The summed E-state index contributed by atoms with van der Waals surface area (Å²) in [6, 6.07) is 16.7. The van der Waals surface area contributed by atoms with Gasteiger partial charge in [0, 0.05) is 21.9 Å². The molecule has 1 aromatic heterocycles. The number of benzene rings is 3. The van der Waals surface area contributed by atoms with Gasteiger partial charge in [-0.1, -0.05) is 30.3 Å². The molecule has 0 bridgehead atoms. The molecule has 0 aliphatic carbocycles. The van der Waals surface area contributed by atoms with Crippen molar-refractivity contribution in [3.63, 3.8) is 0 Å². The van der Waals surface area contributed by atoms with Crippen LogP contribution < -0.4 is 0 Å². The third-order valence-electron chi connectivity index (χ3n) is 4.11. The molecule has 0 amide bonds. The minimum atomic E-state index is -4.42. The molecule has 5 heteroatoms. The number of alkyl halides is 3. The number of carbonyl (C=O) groups is 1. The van der Waals surface area contributed by atoms with Crippen molar-refractivity contribution < 1.29 is 22.4 Å². The fraction of sp³-hybridized carbons (Fsp3) is 0.0500. The fourth-order valence-corrected chi connectivity index (χ4v) is 2.84. The van der Waals surface area contributed by atoms with Crippen molar-refractivity contribution in [3.8, 4) is 0 Å². The maximum atomic E-state index is 12.6. The molecular weight excluding hydrogens is 329 g/mol. The molecule has 2 nitrogen and oxygen atoms in total. The van der Waals surface area contributed by atoms with Crippen molar-refractivity contribution >= 4 is 27.7 Å². The summed E-state index contributed by atoms with van der Waals surface area (Å²) < 4.78 is 43.6. The molecule has 0 radical (unpaired) electrons. The lowest BCUT2D eigenvalue weighted by atomic mass is 10.00. The molecule has 0 unspecified atom stereocenters. The van der Waals surface area contributed by atoms with E-state index in [2.05, 4.69) is 0 Å². The quantitative estimate of drug-likeness (QED) is 0.429. The Bertz CT molecular complexity index is 1090. The highest BCUT2D eigenvalue weighted by Crippen LogP contribution is 2.31. The van der Waals surface area contributed by atoms with Gasteiger partial charge in [0.1, 0.15) is 11.2 Å². The SMILES string of the molecule is O=C(c1ccc(C(F)(F)F)cc1)c1ccc2oc3ccccc3c2c1. The third kappa shape index (κ3) is 2.67. The standard InChI is InChI=1S/C20H11F3O2/c21-20(22,23)14-8-5-12(6-9-14)19(24)13-7-10-18-16(11-13)15-3-1-2-4-17(15)25-18/h1-11H. The highest BCUT2D eigenvalue weighted by atomic mass is 19.4. The van der Waals surface area contributed by atoms with E-state index in [0.29, 0.717) is 11.1 Å². The molecule has 25 heavy (non-hydrogen) atoms. The van der Waals surface area contributed by atoms with Crippen LogP contribution in [0, 0.1) is 0 Å². The van der Waals surface area contributed by atoms with Crippen molar-refractivity contribution in [2.24, 2.45) is 0 Å². The predicted molar refractivity (Wildman–Crippen MR) is 88.6 cm³/mol. The van der Waals surface area contributed by atoms with Crippen molar-refractivity contribution in [1.82, 2.24) is 0 Å². The van der Waals surface area contributed by atoms with Crippen LogP contribution in [0.1, 0.15) is 21.5 Å². The molecule has 4 rings (SSSR count). The van der Waals surface area contributed by atoms with E-state index < -0.39 is 11.7 Å². The average Bonchev–Trinajstić information content (AvgIpc) is 2.98. The lowest BCUT2D eigenvalue weighted by Gasteiger charge is -2.07. The number of halogens is 3. The van der Waals surface area contributed by atoms with Crippen LogP contribution in [-0.2, 0) is 6.18 Å². The Kier molecular flexibility index (Phi) is 3.39. The van der Waals surface area contributed by atoms with Crippen molar-refractivity contribution in [2.75, 3.05) is 0 Å². The van der Waals surface area contributed by atoms with Gasteiger partial charge in [0.15, 0.2) is 5.78 Å². The van der Waals surface area contributed by atoms with Gasteiger partial charge in [-0.25, -0.2) is 0 Å². The zero-order valence-electron chi connectivity index (χ0n) is 12.8. The molecule has 0 aliphatic rings. The number of hydrogen-bond donors (Lipinski definition) is 0. The van der Waals surface area contributed by atoms with E-state index in [0.717, 1.165) is 28.5 Å². The zero-order chi connectivity index (χ0) is 17.6. The number of carbonyl (C=O) groups excluding carboxylic acids is 1. The van der Waals surface area contributed by atoms with Crippen LogP contribution in [0.4, 0.5) is 13.2 Å². The number of ketones is 1. The first kappa shape index (κ1) is 15.4. The summed E-state index contributed by atoms with van der Waals surface area (Å²) in [7, 11) is 0. The molecule has 0 saturated carbocycles. The van der Waals surface area contributed by atoms with Crippen LogP contribution in [0.15, 0.2) is 71.1 Å². The molecular formula is C20H11F3O2. The second-order valence-electron chi connectivity index (χ2n) is 5.71. The summed E-state index contributed by atoms with van der Waals surface area (Å²) in [6.07, 6.45) is -4.42. The van der Waals surface area contributed by atoms with E-state index in [1.807, 2.05) is 24.3 Å². The van der Waals surface area contributed by atoms with E-state index in [1.165, 1.54) is 12.1 Å². The molecule has 3 aromatic carbocycles. The van der Waals surface area contributed by atoms with Gasteiger partial charge in [0.25, 0.3) is 0 Å². The Balaban J connectivity index is 1.76. The summed E-state index contributed by atoms with van der Waals surface area (Å²) >= 11 is 0. The number of para-hydroxylation sites is 1. The van der Waals surface area contributed by atoms with Gasteiger partial charge in [-0.3, -0.25) is 4.79 Å². The average molecular weight is 340 g/mol. The summed E-state index contributed by atoms with van der Waals surface area (Å²) in [6.45, 7) is 0.